The van der Waals surface area contributed by atoms with E-state index in [1.807, 2.05) is 0 Å². The van der Waals surface area contributed by atoms with Crippen LogP contribution in [0.15, 0.2) is 127 Å². The fourth-order valence-corrected chi connectivity index (χ4v) is 5.36. The standard InChI is InChI=1S/C34H32N2/c1-34(2,3)28-19-21-36(32(23-28)27-15-11-14-26(22-27)25-12-5-4-6-13-25)33-24-35-20-10-9-18-31(35)29-16-7-8-17-30(29)33/h4-20,22-24,31H,21H2,1-3H3. The molecule has 178 valence electrons. The second kappa shape index (κ2) is 8.87. The third-order valence-electron chi connectivity index (χ3n) is 7.31. The summed E-state index contributed by atoms with van der Waals surface area (Å²) in [7, 11) is 0. The van der Waals surface area contributed by atoms with Gasteiger partial charge in [-0.05, 0) is 51.5 Å². The molecule has 0 radical (unpaired) electrons. The SMILES string of the molecule is CC(C)(C)C1=CCN(C2=CN3C=CC=CC3c3ccccc32)C(c2cccc(-c3ccccc3)c2)=C1. The molecule has 0 spiro atoms. The lowest BCUT2D eigenvalue weighted by Gasteiger charge is -2.41. The van der Waals surface area contributed by atoms with Crippen molar-refractivity contribution in [3.05, 3.63) is 144 Å². The molecule has 0 amide bonds. The molecule has 1 unspecified atom stereocenters. The molecular weight excluding hydrogens is 436 g/mol. The normalized spacial score (nSPS) is 18.8. The van der Waals surface area contributed by atoms with Crippen LogP contribution in [-0.4, -0.2) is 16.3 Å². The smallest absolute Gasteiger partial charge is 0.0774 e. The lowest BCUT2D eigenvalue weighted by molar-refractivity contribution is 0.415. The van der Waals surface area contributed by atoms with Gasteiger partial charge in [0.25, 0.3) is 0 Å². The van der Waals surface area contributed by atoms with Crippen LogP contribution in [0, 0.1) is 5.41 Å². The Hall–Kier alpha value is -4.04. The highest BCUT2D eigenvalue weighted by Gasteiger charge is 2.31. The maximum atomic E-state index is 2.49. The summed E-state index contributed by atoms with van der Waals surface area (Å²) in [6.45, 7) is 7.74. The molecule has 3 aromatic rings. The van der Waals surface area contributed by atoms with E-state index in [4.69, 9.17) is 0 Å². The van der Waals surface area contributed by atoms with Crippen molar-refractivity contribution in [3.8, 4) is 11.1 Å². The average Bonchev–Trinajstić information content (AvgIpc) is 2.92. The molecule has 3 heterocycles. The van der Waals surface area contributed by atoms with Crippen LogP contribution in [0.1, 0.15) is 43.5 Å². The van der Waals surface area contributed by atoms with Gasteiger partial charge in [-0.15, -0.1) is 0 Å². The minimum Gasteiger partial charge on any atom is -0.341 e. The summed E-state index contributed by atoms with van der Waals surface area (Å²) < 4.78 is 0. The Morgan fingerprint density at radius 1 is 0.750 bits per heavy atom. The highest BCUT2D eigenvalue weighted by molar-refractivity contribution is 5.83. The van der Waals surface area contributed by atoms with Gasteiger partial charge in [0, 0.05) is 30.2 Å². The van der Waals surface area contributed by atoms with Gasteiger partial charge in [-0.3, -0.25) is 0 Å². The summed E-state index contributed by atoms with van der Waals surface area (Å²) in [6, 6.07) is 28.7. The van der Waals surface area contributed by atoms with Crippen LogP contribution in [0.2, 0.25) is 0 Å². The van der Waals surface area contributed by atoms with E-state index in [0.717, 1.165) is 6.54 Å². The number of hydrogen-bond donors (Lipinski definition) is 0. The molecule has 0 aliphatic carbocycles. The molecule has 3 aliphatic rings. The number of fused-ring (bicyclic) bond motifs is 3. The van der Waals surface area contributed by atoms with Gasteiger partial charge < -0.3 is 9.80 Å². The van der Waals surface area contributed by atoms with E-state index in [1.165, 1.54) is 44.8 Å². The average molecular weight is 469 g/mol. The Kier molecular flexibility index (Phi) is 5.53. The first kappa shape index (κ1) is 22.4. The van der Waals surface area contributed by atoms with Gasteiger partial charge in [-0.25, -0.2) is 0 Å². The number of hydrogen-bond acceptors (Lipinski definition) is 2. The molecule has 36 heavy (non-hydrogen) atoms. The number of rotatable bonds is 3. The monoisotopic (exact) mass is 468 g/mol. The predicted molar refractivity (Wildman–Crippen MR) is 151 cm³/mol. The van der Waals surface area contributed by atoms with Crippen molar-refractivity contribution in [3.63, 3.8) is 0 Å². The van der Waals surface area contributed by atoms with Gasteiger partial charge in [0.2, 0.25) is 0 Å². The zero-order valence-electron chi connectivity index (χ0n) is 21.2. The number of allylic oxidation sites excluding steroid dienone is 4. The Labute approximate surface area is 214 Å². The number of nitrogens with zero attached hydrogens (tertiary/aromatic N) is 2. The zero-order valence-corrected chi connectivity index (χ0v) is 21.2. The minimum absolute atomic E-state index is 0.0821. The van der Waals surface area contributed by atoms with Gasteiger partial charge in [0.05, 0.1) is 11.7 Å². The van der Waals surface area contributed by atoms with Crippen molar-refractivity contribution in [2.45, 2.75) is 26.8 Å². The summed E-state index contributed by atoms with van der Waals surface area (Å²) >= 11 is 0. The molecule has 2 nitrogen and oxygen atoms in total. The molecule has 2 heteroatoms. The van der Waals surface area contributed by atoms with Crippen LogP contribution in [-0.2, 0) is 0 Å². The third-order valence-corrected chi connectivity index (χ3v) is 7.31. The molecule has 0 N–H and O–H groups in total. The van der Waals surface area contributed by atoms with E-state index in [9.17, 15) is 0 Å². The maximum absolute atomic E-state index is 2.49. The van der Waals surface area contributed by atoms with Gasteiger partial charge in [-0.1, -0.05) is 112 Å². The molecule has 3 aliphatic heterocycles. The Balaban J connectivity index is 1.49. The van der Waals surface area contributed by atoms with Crippen molar-refractivity contribution >= 4 is 11.4 Å². The second-order valence-corrected chi connectivity index (χ2v) is 10.7. The predicted octanol–water partition coefficient (Wildman–Crippen LogP) is 8.42. The summed E-state index contributed by atoms with van der Waals surface area (Å²) in [5.41, 5.74) is 10.3. The quantitative estimate of drug-likeness (QED) is 0.381. The van der Waals surface area contributed by atoms with Crippen LogP contribution in [0.3, 0.4) is 0 Å². The Morgan fingerprint density at radius 2 is 1.50 bits per heavy atom. The maximum Gasteiger partial charge on any atom is 0.0774 e. The van der Waals surface area contributed by atoms with E-state index in [0.29, 0.717) is 0 Å². The molecule has 0 fully saturated rings. The molecule has 6 rings (SSSR count). The van der Waals surface area contributed by atoms with E-state index in [-0.39, 0.29) is 11.5 Å². The molecule has 0 bridgehead atoms. The summed E-state index contributed by atoms with van der Waals surface area (Å²) in [6.07, 6.45) is 15.8. The fourth-order valence-electron chi connectivity index (χ4n) is 5.36. The zero-order chi connectivity index (χ0) is 24.7. The molecule has 0 saturated carbocycles. The van der Waals surface area contributed by atoms with Crippen LogP contribution >= 0.6 is 0 Å². The highest BCUT2D eigenvalue weighted by Crippen LogP contribution is 2.43. The van der Waals surface area contributed by atoms with Crippen LogP contribution in [0.4, 0.5) is 0 Å². The van der Waals surface area contributed by atoms with Gasteiger partial charge >= 0.3 is 0 Å². The van der Waals surface area contributed by atoms with E-state index in [2.05, 4.69) is 152 Å². The topological polar surface area (TPSA) is 6.48 Å². The first-order chi connectivity index (χ1) is 17.5. The molecule has 3 aromatic carbocycles. The van der Waals surface area contributed by atoms with Crippen molar-refractivity contribution in [2.75, 3.05) is 6.54 Å². The van der Waals surface area contributed by atoms with Crippen LogP contribution in [0.5, 0.6) is 0 Å². The lowest BCUT2D eigenvalue weighted by Crippen LogP contribution is -2.32. The van der Waals surface area contributed by atoms with Gasteiger partial charge in [0.15, 0.2) is 0 Å². The molecular formula is C34H32N2. The molecule has 0 saturated heterocycles. The van der Waals surface area contributed by atoms with E-state index in [1.54, 1.807) is 0 Å². The van der Waals surface area contributed by atoms with Gasteiger partial charge in [0.1, 0.15) is 0 Å². The van der Waals surface area contributed by atoms with Crippen molar-refractivity contribution in [1.82, 2.24) is 9.80 Å². The Bertz CT molecular complexity index is 1440. The first-order valence-corrected chi connectivity index (χ1v) is 12.8. The summed E-state index contributed by atoms with van der Waals surface area (Å²) in [5.74, 6) is 0. The lowest BCUT2D eigenvalue weighted by atomic mass is 9.83. The van der Waals surface area contributed by atoms with E-state index < -0.39 is 0 Å². The van der Waals surface area contributed by atoms with E-state index >= 15 is 0 Å². The Morgan fingerprint density at radius 3 is 2.33 bits per heavy atom. The first-order valence-electron chi connectivity index (χ1n) is 12.8. The summed E-state index contributed by atoms with van der Waals surface area (Å²) in [5, 5.41) is 0. The van der Waals surface area contributed by atoms with Crippen molar-refractivity contribution < 1.29 is 0 Å². The highest BCUT2D eigenvalue weighted by atomic mass is 15.2. The van der Waals surface area contributed by atoms with Gasteiger partial charge in [-0.2, -0.15) is 0 Å². The van der Waals surface area contributed by atoms with Crippen LogP contribution < -0.4 is 0 Å². The van der Waals surface area contributed by atoms with Crippen molar-refractivity contribution in [1.29, 1.82) is 0 Å². The minimum atomic E-state index is 0.0821. The van der Waals surface area contributed by atoms with Crippen LogP contribution in [0.25, 0.3) is 22.5 Å². The fraction of sp³-hybridized carbons (Fsp3) is 0.176. The molecule has 1 atom stereocenters. The number of benzene rings is 3. The summed E-state index contributed by atoms with van der Waals surface area (Å²) in [4.78, 5) is 4.82. The third kappa shape index (κ3) is 4.03. The second-order valence-electron chi connectivity index (χ2n) is 10.7. The van der Waals surface area contributed by atoms with Crippen molar-refractivity contribution in [2.24, 2.45) is 5.41 Å². The largest absolute Gasteiger partial charge is 0.341 e. The molecule has 0 aromatic heterocycles.